The zero-order chi connectivity index (χ0) is 18.9. The molecule has 1 aromatic carbocycles. The average Bonchev–Trinajstić information content (AvgIpc) is 3.10. The van der Waals surface area contributed by atoms with E-state index < -0.39 is 0 Å². The molecular weight excluding hydrogens is 350 g/mol. The molecule has 26 heavy (non-hydrogen) atoms. The summed E-state index contributed by atoms with van der Waals surface area (Å²) in [4.78, 5) is 20.5. The Morgan fingerprint density at radius 3 is 2.69 bits per heavy atom. The van der Waals surface area contributed by atoms with Crippen molar-refractivity contribution < 1.29 is 4.79 Å². The van der Waals surface area contributed by atoms with Gasteiger partial charge in [0, 0.05) is 45.8 Å². The summed E-state index contributed by atoms with van der Waals surface area (Å²) in [6, 6.07) is 7.81. The van der Waals surface area contributed by atoms with Crippen LogP contribution in [-0.4, -0.2) is 68.5 Å². The van der Waals surface area contributed by atoms with Crippen molar-refractivity contribution in [3.05, 3.63) is 34.9 Å². The van der Waals surface area contributed by atoms with Crippen molar-refractivity contribution in [1.82, 2.24) is 20.4 Å². The third kappa shape index (κ3) is 6.18. The Morgan fingerprint density at radius 1 is 1.31 bits per heavy atom. The van der Waals surface area contributed by atoms with Crippen molar-refractivity contribution in [3.63, 3.8) is 0 Å². The molecule has 1 aliphatic rings. The zero-order valence-corrected chi connectivity index (χ0v) is 16.7. The van der Waals surface area contributed by atoms with Gasteiger partial charge in [-0.3, -0.25) is 14.7 Å². The number of nitrogens with zero attached hydrogens (tertiary/aromatic N) is 3. The number of halogens is 1. The van der Waals surface area contributed by atoms with Crippen LogP contribution in [-0.2, 0) is 11.3 Å². The second kappa shape index (κ2) is 10.4. The lowest BCUT2D eigenvalue weighted by Gasteiger charge is -2.26. The number of likely N-dealkylation sites (N-methyl/N-ethyl adjacent to an activating group) is 1. The van der Waals surface area contributed by atoms with Crippen molar-refractivity contribution in [2.75, 3.05) is 40.8 Å². The van der Waals surface area contributed by atoms with E-state index in [4.69, 9.17) is 11.6 Å². The largest absolute Gasteiger partial charge is 0.356 e. The van der Waals surface area contributed by atoms with E-state index in [0.29, 0.717) is 6.54 Å². The van der Waals surface area contributed by atoms with Crippen molar-refractivity contribution >= 4 is 23.5 Å². The van der Waals surface area contributed by atoms with E-state index in [0.717, 1.165) is 55.4 Å². The van der Waals surface area contributed by atoms with E-state index in [1.165, 1.54) is 0 Å². The lowest BCUT2D eigenvalue weighted by Crippen LogP contribution is -2.44. The molecule has 0 aromatic heterocycles. The predicted octanol–water partition coefficient (Wildman–Crippen LogP) is 1.95. The fourth-order valence-electron chi connectivity index (χ4n) is 3.17. The normalized spacial score (nSPS) is 18.0. The fraction of sp³-hybridized carbons (Fsp3) is 0.579. The number of aliphatic imine (C=N–C) groups is 1. The number of carbonyl (C=O) groups excluding carboxylic acids is 1. The first-order valence-corrected chi connectivity index (χ1v) is 9.53. The number of benzene rings is 1. The van der Waals surface area contributed by atoms with E-state index in [1.807, 2.05) is 38.4 Å². The molecule has 1 heterocycles. The molecule has 7 heteroatoms. The first-order valence-electron chi connectivity index (χ1n) is 9.15. The maximum absolute atomic E-state index is 12.2. The van der Waals surface area contributed by atoms with Gasteiger partial charge < -0.3 is 15.5 Å². The highest BCUT2D eigenvalue weighted by Crippen LogP contribution is 2.18. The Hall–Kier alpha value is -1.79. The molecule has 2 N–H and O–H groups in total. The Morgan fingerprint density at radius 2 is 2.04 bits per heavy atom. The number of likely N-dealkylation sites (tertiary alicyclic amines) is 1. The summed E-state index contributed by atoms with van der Waals surface area (Å²) in [5.41, 5.74) is 1.15. The molecule has 1 unspecified atom stereocenters. The van der Waals surface area contributed by atoms with Gasteiger partial charge >= 0.3 is 0 Å². The van der Waals surface area contributed by atoms with Crippen LogP contribution in [0.2, 0.25) is 5.02 Å². The molecule has 6 nitrogen and oxygen atoms in total. The second-order valence-corrected chi connectivity index (χ2v) is 7.20. The first kappa shape index (κ1) is 20.5. The van der Waals surface area contributed by atoms with Gasteiger partial charge in [0.1, 0.15) is 0 Å². The molecule has 0 aliphatic carbocycles. The van der Waals surface area contributed by atoms with Gasteiger partial charge in [-0.25, -0.2) is 0 Å². The van der Waals surface area contributed by atoms with E-state index in [1.54, 1.807) is 11.9 Å². The molecule has 1 saturated heterocycles. The third-order valence-electron chi connectivity index (χ3n) is 4.60. The molecule has 144 valence electrons. The minimum atomic E-state index is 0.0485. The summed E-state index contributed by atoms with van der Waals surface area (Å²) in [7, 11) is 5.43. The molecule has 0 spiro atoms. The molecule has 1 fully saturated rings. The quantitative estimate of drug-likeness (QED) is 0.432. The number of amides is 1. The van der Waals surface area contributed by atoms with Crippen LogP contribution in [0, 0.1) is 0 Å². The number of hydrogen-bond donors (Lipinski definition) is 2. The predicted molar refractivity (Wildman–Crippen MR) is 108 cm³/mol. The van der Waals surface area contributed by atoms with Crippen LogP contribution in [0.3, 0.4) is 0 Å². The van der Waals surface area contributed by atoms with Crippen molar-refractivity contribution in [2.24, 2.45) is 4.99 Å². The Balaban J connectivity index is 1.69. The molecular formula is C19H30ClN5O. The van der Waals surface area contributed by atoms with Crippen LogP contribution in [0.1, 0.15) is 24.8 Å². The van der Waals surface area contributed by atoms with Gasteiger partial charge in [0.2, 0.25) is 5.91 Å². The summed E-state index contributed by atoms with van der Waals surface area (Å²) in [6.45, 7) is 3.45. The van der Waals surface area contributed by atoms with Gasteiger partial charge in [0.05, 0.1) is 6.04 Å². The average molecular weight is 380 g/mol. The Labute approximate surface area is 161 Å². The Kier molecular flexibility index (Phi) is 8.19. The summed E-state index contributed by atoms with van der Waals surface area (Å²) in [6.07, 6.45) is 3.04. The number of hydrogen-bond acceptors (Lipinski definition) is 3. The molecule has 1 aromatic rings. The van der Waals surface area contributed by atoms with Gasteiger partial charge in [-0.1, -0.05) is 23.7 Å². The summed E-state index contributed by atoms with van der Waals surface area (Å²) in [5.74, 6) is 0.998. The number of rotatable bonds is 7. The van der Waals surface area contributed by atoms with Gasteiger partial charge in [-0.05, 0) is 43.5 Å². The first-order chi connectivity index (χ1) is 12.5. The van der Waals surface area contributed by atoms with Crippen molar-refractivity contribution in [1.29, 1.82) is 0 Å². The van der Waals surface area contributed by atoms with Crippen LogP contribution in [0.4, 0.5) is 0 Å². The topological polar surface area (TPSA) is 60.0 Å². The minimum absolute atomic E-state index is 0.0485. The number of nitrogens with one attached hydrogen (secondary N) is 2. The van der Waals surface area contributed by atoms with Crippen LogP contribution >= 0.6 is 11.6 Å². The highest BCUT2D eigenvalue weighted by molar-refractivity contribution is 6.30. The van der Waals surface area contributed by atoms with E-state index in [2.05, 4.69) is 20.5 Å². The highest BCUT2D eigenvalue weighted by atomic mass is 35.5. The van der Waals surface area contributed by atoms with Gasteiger partial charge in [-0.2, -0.15) is 0 Å². The fourth-order valence-corrected chi connectivity index (χ4v) is 3.30. The maximum Gasteiger partial charge on any atom is 0.239 e. The van der Waals surface area contributed by atoms with E-state index in [9.17, 15) is 4.79 Å². The SMILES string of the molecule is CN=C(NCCCN1CCCC1C(=O)N(C)C)NCc1ccc(Cl)cc1. The number of carbonyl (C=O) groups is 1. The molecule has 1 amide bonds. The zero-order valence-electron chi connectivity index (χ0n) is 16.0. The van der Waals surface area contributed by atoms with Crippen LogP contribution in [0.25, 0.3) is 0 Å². The summed E-state index contributed by atoms with van der Waals surface area (Å²) in [5, 5.41) is 7.37. The molecule has 0 saturated carbocycles. The van der Waals surface area contributed by atoms with E-state index in [-0.39, 0.29) is 11.9 Å². The van der Waals surface area contributed by atoms with Gasteiger partial charge in [-0.15, -0.1) is 0 Å². The molecule has 2 rings (SSSR count). The lowest BCUT2D eigenvalue weighted by atomic mass is 10.2. The van der Waals surface area contributed by atoms with Crippen LogP contribution in [0.15, 0.2) is 29.3 Å². The number of guanidine groups is 1. The standard InChI is InChI=1S/C19H30ClN5O/c1-21-19(23-14-15-7-9-16(20)10-8-15)22-11-5-13-25-12-4-6-17(25)18(26)24(2)3/h7-10,17H,4-6,11-14H2,1-3H3,(H2,21,22,23). The Bertz CT molecular complexity index is 602. The van der Waals surface area contributed by atoms with E-state index >= 15 is 0 Å². The van der Waals surface area contributed by atoms with Crippen LogP contribution < -0.4 is 10.6 Å². The smallest absolute Gasteiger partial charge is 0.239 e. The summed E-state index contributed by atoms with van der Waals surface area (Å²) >= 11 is 5.90. The highest BCUT2D eigenvalue weighted by Gasteiger charge is 2.30. The van der Waals surface area contributed by atoms with Crippen molar-refractivity contribution in [3.8, 4) is 0 Å². The monoisotopic (exact) mass is 379 g/mol. The third-order valence-corrected chi connectivity index (χ3v) is 4.85. The maximum atomic E-state index is 12.2. The van der Waals surface area contributed by atoms with Crippen molar-refractivity contribution in [2.45, 2.75) is 31.8 Å². The minimum Gasteiger partial charge on any atom is -0.356 e. The lowest BCUT2D eigenvalue weighted by molar-refractivity contribution is -0.133. The molecule has 0 radical (unpaired) electrons. The van der Waals surface area contributed by atoms with Gasteiger partial charge in [0.15, 0.2) is 5.96 Å². The van der Waals surface area contributed by atoms with Crippen LogP contribution in [0.5, 0.6) is 0 Å². The summed E-state index contributed by atoms with van der Waals surface area (Å²) < 4.78 is 0. The second-order valence-electron chi connectivity index (χ2n) is 6.76. The molecule has 1 aliphatic heterocycles. The van der Waals surface area contributed by atoms with Gasteiger partial charge in [0.25, 0.3) is 0 Å². The molecule has 1 atom stereocenters. The molecule has 0 bridgehead atoms.